The minimum atomic E-state index is -0.325. The number of carbonyl (C=O) groups is 1. The van der Waals surface area contributed by atoms with Crippen molar-refractivity contribution in [3.63, 3.8) is 0 Å². The second-order valence-corrected chi connectivity index (χ2v) is 4.42. The molecule has 1 saturated carbocycles. The van der Waals surface area contributed by atoms with Crippen LogP contribution in [-0.2, 0) is 5.54 Å². The molecule has 4 nitrogen and oxygen atoms in total. The molecule has 3 rings (SSSR count). The molecule has 80 valence electrons. The van der Waals surface area contributed by atoms with E-state index in [0.29, 0.717) is 5.92 Å². The molecule has 0 radical (unpaired) electrons. The van der Waals surface area contributed by atoms with E-state index in [2.05, 4.69) is 0 Å². The molecule has 1 aromatic heterocycles. The molecule has 2 fully saturated rings. The zero-order chi connectivity index (χ0) is 10.5. The second kappa shape index (κ2) is 2.78. The number of rotatable bonds is 1. The average molecular weight is 206 g/mol. The summed E-state index contributed by atoms with van der Waals surface area (Å²) in [5.74, 6) is 1.44. The van der Waals surface area contributed by atoms with Crippen molar-refractivity contribution in [1.29, 1.82) is 0 Å². The van der Waals surface area contributed by atoms with Gasteiger partial charge in [-0.3, -0.25) is 0 Å². The van der Waals surface area contributed by atoms with Crippen LogP contribution in [0.3, 0.4) is 0 Å². The first-order valence-corrected chi connectivity index (χ1v) is 5.36. The van der Waals surface area contributed by atoms with Crippen molar-refractivity contribution in [2.24, 2.45) is 11.7 Å². The van der Waals surface area contributed by atoms with Gasteiger partial charge in [0, 0.05) is 6.54 Å². The molecule has 2 amide bonds. The first kappa shape index (κ1) is 8.83. The lowest BCUT2D eigenvalue weighted by molar-refractivity contribution is 0.0222. The first-order valence-electron chi connectivity index (χ1n) is 5.36. The lowest BCUT2D eigenvalue weighted by atomic mass is 9.66. The molecule has 2 heterocycles. The van der Waals surface area contributed by atoms with E-state index in [1.165, 1.54) is 6.42 Å². The molecule has 2 N–H and O–H groups in total. The molecule has 15 heavy (non-hydrogen) atoms. The van der Waals surface area contributed by atoms with Gasteiger partial charge in [0.1, 0.15) is 11.3 Å². The van der Waals surface area contributed by atoms with Crippen molar-refractivity contribution in [1.82, 2.24) is 4.90 Å². The summed E-state index contributed by atoms with van der Waals surface area (Å²) in [6, 6.07) is 3.50. The van der Waals surface area contributed by atoms with Crippen LogP contribution in [0, 0.1) is 5.92 Å². The zero-order valence-electron chi connectivity index (χ0n) is 8.48. The summed E-state index contributed by atoms with van der Waals surface area (Å²) in [4.78, 5) is 13.2. The molecule has 0 spiro atoms. The fraction of sp³-hybridized carbons (Fsp3) is 0.545. The molecule has 0 aromatic carbocycles. The minimum Gasteiger partial charge on any atom is -0.467 e. The fourth-order valence-corrected chi connectivity index (χ4v) is 3.13. The van der Waals surface area contributed by atoms with Crippen molar-refractivity contribution < 1.29 is 9.21 Å². The highest BCUT2D eigenvalue weighted by atomic mass is 16.3. The summed E-state index contributed by atoms with van der Waals surface area (Å²) in [6.45, 7) is 0.765. The largest absolute Gasteiger partial charge is 0.467 e. The maximum Gasteiger partial charge on any atom is 0.315 e. The fourth-order valence-electron chi connectivity index (χ4n) is 3.13. The molecule has 1 aromatic rings. The molecular formula is C11H14N2O2. The van der Waals surface area contributed by atoms with Gasteiger partial charge in [0.05, 0.1) is 6.26 Å². The Morgan fingerprint density at radius 1 is 1.60 bits per heavy atom. The highest BCUT2D eigenvalue weighted by Crippen LogP contribution is 2.56. The van der Waals surface area contributed by atoms with Gasteiger partial charge in [-0.2, -0.15) is 0 Å². The number of fused-ring (bicyclic) bond motifs is 1. The maximum absolute atomic E-state index is 11.4. The highest BCUT2D eigenvalue weighted by molar-refractivity contribution is 5.74. The third kappa shape index (κ3) is 0.940. The van der Waals surface area contributed by atoms with Gasteiger partial charge in [-0.15, -0.1) is 0 Å². The van der Waals surface area contributed by atoms with Gasteiger partial charge >= 0.3 is 6.03 Å². The highest BCUT2D eigenvalue weighted by Gasteiger charge is 2.59. The van der Waals surface area contributed by atoms with Crippen LogP contribution in [0.15, 0.2) is 22.8 Å². The van der Waals surface area contributed by atoms with E-state index < -0.39 is 0 Å². The van der Waals surface area contributed by atoms with Crippen LogP contribution < -0.4 is 5.73 Å². The van der Waals surface area contributed by atoms with Crippen LogP contribution in [0.4, 0.5) is 4.79 Å². The first-order chi connectivity index (χ1) is 7.25. The topological polar surface area (TPSA) is 59.5 Å². The number of likely N-dealkylation sites (tertiary alicyclic amines) is 1. The van der Waals surface area contributed by atoms with Crippen molar-refractivity contribution in [3.8, 4) is 0 Å². The summed E-state index contributed by atoms with van der Waals surface area (Å²) in [5, 5.41) is 0. The molecule has 2 atom stereocenters. The lowest BCUT2D eigenvalue weighted by Gasteiger charge is -2.47. The van der Waals surface area contributed by atoms with Crippen molar-refractivity contribution in [2.75, 3.05) is 6.54 Å². The summed E-state index contributed by atoms with van der Waals surface area (Å²) >= 11 is 0. The van der Waals surface area contributed by atoms with Crippen LogP contribution >= 0.6 is 0 Å². The van der Waals surface area contributed by atoms with Crippen LogP contribution in [0.5, 0.6) is 0 Å². The van der Waals surface area contributed by atoms with Crippen molar-refractivity contribution in [2.45, 2.75) is 24.8 Å². The third-order valence-electron chi connectivity index (χ3n) is 3.95. The normalized spacial score (nSPS) is 33.6. The number of carbonyl (C=O) groups excluding carboxylic acids is 1. The number of furan rings is 1. The van der Waals surface area contributed by atoms with Crippen LogP contribution in [0.25, 0.3) is 0 Å². The summed E-state index contributed by atoms with van der Waals surface area (Å²) in [6.07, 6.45) is 4.86. The van der Waals surface area contributed by atoms with Gasteiger partial charge in [0.15, 0.2) is 0 Å². The number of hydrogen-bond donors (Lipinski definition) is 1. The zero-order valence-corrected chi connectivity index (χ0v) is 8.48. The molecule has 1 saturated heterocycles. The van der Waals surface area contributed by atoms with Gasteiger partial charge in [0.2, 0.25) is 0 Å². The van der Waals surface area contributed by atoms with E-state index in [-0.39, 0.29) is 11.6 Å². The summed E-state index contributed by atoms with van der Waals surface area (Å²) in [7, 11) is 0. The predicted octanol–water partition coefficient (Wildman–Crippen LogP) is 1.67. The molecule has 2 aliphatic rings. The quantitative estimate of drug-likeness (QED) is 0.759. The van der Waals surface area contributed by atoms with Gasteiger partial charge < -0.3 is 15.1 Å². The predicted molar refractivity (Wildman–Crippen MR) is 54.0 cm³/mol. The Balaban J connectivity index is 2.04. The van der Waals surface area contributed by atoms with Crippen LogP contribution in [-0.4, -0.2) is 17.5 Å². The van der Waals surface area contributed by atoms with Crippen LogP contribution in [0.1, 0.15) is 25.0 Å². The van der Waals surface area contributed by atoms with Gasteiger partial charge in [0.25, 0.3) is 0 Å². The van der Waals surface area contributed by atoms with Gasteiger partial charge in [-0.05, 0) is 37.3 Å². The number of nitrogens with two attached hydrogens (primary N) is 1. The lowest BCUT2D eigenvalue weighted by Crippen LogP contribution is -2.54. The Hall–Kier alpha value is -1.45. The van der Waals surface area contributed by atoms with E-state index in [0.717, 1.165) is 25.1 Å². The number of nitrogens with zero attached hydrogens (tertiary/aromatic N) is 1. The maximum atomic E-state index is 11.4. The van der Waals surface area contributed by atoms with Gasteiger partial charge in [-0.25, -0.2) is 4.79 Å². The standard InChI is InChI=1S/C11H14N2O2/c12-10(14)13-6-4-8-3-5-11(8,13)9-2-1-7-15-9/h1-2,7-8H,3-6H2,(H2,12,14)/t8-,11-/m0/s1. The smallest absolute Gasteiger partial charge is 0.315 e. The van der Waals surface area contributed by atoms with E-state index in [9.17, 15) is 4.79 Å². The molecule has 0 bridgehead atoms. The van der Waals surface area contributed by atoms with E-state index >= 15 is 0 Å². The second-order valence-electron chi connectivity index (χ2n) is 4.42. The van der Waals surface area contributed by atoms with Gasteiger partial charge in [-0.1, -0.05) is 0 Å². The minimum absolute atomic E-state index is 0.213. The Labute approximate surface area is 88.0 Å². The van der Waals surface area contributed by atoms with E-state index in [1.807, 2.05) is 12.1 Å². The number of urea groups is 1. The third-order valence-corrected chi connectivity index (χ3v) is 3.95. The number of amides is 2. The Kier molecular flexibility index (Phi) is 1.63. The SMILES string of the molecule is NC(=O)N1CC[C@@H]2CC[C@@]21c1ccco1. The molecule has 0 unspecified atom stereocenters. The average Bonchev–Trinajstić information content (AvgIpc) is 2.73. The number of primary amides is 1. The Bertz CT molecular complexity index is 387. The van der Waals surface area contributed by atoms with E-state index in [1.54, 1.807) is 11.2 Å². The van der Waals surface area contributed by atoms with Crippen LogP contribution in [0.2, 0.25) is 0 Å². The molecule has 1 aliphatic heterocycles. The summed E-state index contributed by atoms with van der Waals surface area (Å²) in [5.41, 5.74) is 5.21. The molecular weight excluding hydrogens is 192 g/mol. The monoisotopic (exact) mass is 206 g/mol. The van der Waals surface area contributed by atoms with Crippen molar-refractivity contribution in [3.05, 3.63) is 24.2 Å². The number of hydrogen-bond acceptors (Lipinski definition) is 2. The molecule has 1 aliphatic carbocycles. The Morgan fingerprint density at radius 3 is 3.00 bits per heavy atom. The summed E-state index contributed by atoms with van der Waals surface area (Å²) < 4.78 is 5.47. The Morgan fingerprint density at radius 2 is 2.47 bits per heavy atom. The molecule has 4 heteroatoms. The van der Waals surface area contributed by atoms with Crippen molar-refractivity contribution >= 4 is 6.03 Å². The van der Waals surface area contributed by atoms with E-state index in [4.69, 9.17) is 10.2 Å².